The van der Waals surface area contributed by atoms with E-state index in [-0.39, 0.29) is 17.8 Å². The molecule has 0 spiro atoms. The van der Waals surface area contributed by atoms with Crippen molar-refractivity contribution in [3.63, 3.8) is 0 Å². The standard InChI is InChI=1S/C12H23NO2S/c1-3-10(4-2)13(7-8-14)12(15)11-6-5-9-16-11/h10-11,14H,3-9H2,1-2H3. The SMILES string of the molecule is CCC(CC)N(CCO)C(=O)C1CCCS1. The zero-order valence-electron chi connectivity index (χ0n) is 10.3. The van der Waals surface area contributed by atoms with Gasteiger partial charge in [-0.3, -0.25) is 4.79 Å². The third-order valence-corrected chi connectivity index (χ3v) is 4.58. The first-order valence-electron chi connectivity index (χ1n) is 6.27. The number of thioether (sulfide) groups is 1. The molecule has 4 heteroatoms. The Morgan fingerprint density at radius 2 is 2.19 bits per heavy atom. The Hall–Kier alpha value is -0.220. The van der Waals surface area contributed by atoms with Crippen LogP contribution in [0.5, 0.6) is 0 Å². The molecule has 0 aromatic carbocycles. The highest BCUT2D eigenvalue weighted by Gasteiger charge is 2.30. The van der Waals surface area contributed by atoms with Crippen molar-refractivity contribution in [3.05, 3.63) is 0 Å². The number of hydrogen-bond donors (Lipinski definition) is 1. The van der Waals surface area contributed by atoms with E-state index in [9.17, 15) is 4.79 Å². The monoisotopic (exact) mass is 245 g/mol. The molecule has 94 valence electrons. The van der Waals surface area contributed by atoms with Gasteiger partial charge >= 0.3 is 0 Å². The second kappa shape index (κ2) is 7.17. The Kier molecular flexibility index (Phi) is 6.21. The average Bonchev–Trinajstić information content (AvgIpc) is 2.82. The summed E-state index contributed by atoms with van der Waals surface area (Å²) in [6.07, 6.45) is 4.10. The summed E-state index contributed by atoms with van der Waals surface area (Å²) in [4.78, 5) is 14.2. The average molecular weight is 245 g/mol. The number of amides is 1. The summed E-state index contributed by atoms with van der Waals surface area (Å²) in [5.41, 5.74) is 0. The molecule has 0 aliphatic carbocycles. The van der Waals surface area contributed by atoms with Gasteiger partial charge < -0.3 is 10.0 Å². The predicted molar refractivity (Wildman–Crippen MR) is 68.6 cm³/mol. The number of carbonyl (C=O) groups is 1. The molecule has 3 nitrogen and oxygen atoms in total. The van der Waals surface area contributed by atoms with E-state index < -0.39 is 0 Å². The van der Waals surface area contributed by atoms with Crippen LogP contribution in [0.2, 0.25) is 0 Å². The van der Waals surface area contributed by atoms with Gasteiger partial charge in [-0.1, -0.05) is 13.8 Å². The van der Waals surface area contributed by atoms with E-state index in [1.165, 1.54) is 0 Å². The summed E-state index contributed by atoms with van der Waals surface area (Å²) >= 11 is 1.77. The molecule has 1 fully saturated rings. The number of hydrogen-bond acceptors (Lipinski definition) is 3. The van der Waals surface area contributed by atoms with Crippen LogP contribution in [0.3, 0.4) is 0 Å². The van der Waals surface area contributed by atoms with Crippen molar-refractivity contribution in [1.29, 1.82) is 0 Å². The summed E-state index contributed by atoms with van der Waals surface area (Å²) in [6.45, 7) is 4.77. The molecule has 0 saturated carbocycles. The molecule has 1 heterocycles. The predicted octanol–water partition coefficient (Wildman–Crippen LogP) is 1.89. The molecule has 0 radical (unpaired) electrons. The van der Waals surface area contributed by atoms with E-state index in [1.54, 1.807) is 11.8 Å². The maximum absolute atomic E-state index is 12.3. The number of carbonyl (C=O) groups excluding carboxylic acids is 1. The molecular formula is C12H23NO2S. The highest BCUT2D eigenvalue weighted by atomic mass is 32.2. The summed E-state index contributed by atoms with van der Waals surface area (Å²) in [7, 11) is 0. The molecule has 1 atom stereocenters. The Bertz CT molecular complexity index is 213. The highest BCUT2D eigenvalue weighted by Crippen LogP contribution is 2.28. The summed E-state index contributed by atoms with van der Waals surface area (Å²) in [6, 6.07) is 0.292. The van der Waals surface area contributed by atoms with Crippen LogP contribution in [0.1, 0.15) is 39.5 Å². The minimum atomic E-state index is 0.0691. The minimum Gasteiger partial charge on any atom is -0.395 e. The van der Waals surface area contributed by atoms with Gasteiger partial charge in [0, 0.05) is 12.6 Å². The van der Waals surface area contributed by atoms with Crippen LogP contribution in [-0.2, 0) is 4.79 Å². The van der Waals surface area contributed by atoms with Crippen LogP contribution in [-0.4, -0.2) is 46.1 Å². The van der Waals surface area contributed by atoms with Crippen molar-refractivity contribution in [2.45, 2.75) is 50.8 Å². The van der Waals surface area contributed by atoms with Crippen molar-refractivity contribution in [1.82, 2.24) is 4.90 Å². The molecule has 1 unspecified atom stereocenters. The largest absolute Gasteiger partial charge is 0.395 e. The van der Waals surface area contributed by atoms with Crippen molar-refractivity contribution in [3.8, 4) is 0 Å². The van der Waals surface area contributed by atoms with Gasteiger partial charge in [0.25, 0.3) is 0 Å². The fourth-order valence-electron chi connectivity index (χ4n) is 2.27. The van der Waals surface area contributed by atoms with Gasteiger partial charge in [0.05, 0.1) is 11.9 Å². The van der Waals surface area contributed by atoms with E-state index in [4.69, 9.17) is 5.11 Å². The number of nitrogens with zero attached hydrogens (tertiary/aromatic N) is 1. The second-order valence-electron chi connectivity index (χ2n) is 4.23. The molecule has 1 amide bonds. The first kappa shape index (κ1) is 13.8. The van der Waals surface area contributed by atoms with Gasteiger partial charge in [-0.15, -0.1) is 11.8 Å². The minimum absolute atomic E-state index is 0.0691. The van der Waals surface area contributed by atoms with E-state index in [1.807, 2.05) is 4.90 Å². The molecule has 1 rings (SSSR count). The molecule has 16 heavy (non-hydrogen) atoms. The van der Waals surface area contributed by atoms with Crippen LogP contribution in [0.25, 0.3) is 0 Å². The van der Waals surface area contributed by atoms with E-state index >= 15 is 0 Å². The molecule has 1 N–H and O–H groups in total. The third kappa shape index (κ3) is 3.39. The highest BCUT2D eigenvalue weighted by molar-refractivity contribution is 8.00. The lowest BCUT2D eigenvalue weighted by atomic mass is 10.1. The quantitative estimate of drug-likeness (QED) is 0.777. The maximum Gasteiger partial charge on any atom is 0.236 e. The molecule has 1 aliphatic rings. The Balaban J connectivity index is 2.63. The van der Waals surface area contributed by atoms with Gasteiger partial charge in [0.2, 0.25) is 5.91 Å². The lowest BCUT2D eigenvalue weighted by Gasteiger charge is -2.32. The van der Waals surface area contributed by atoms with E-state index in [2.05, 4.69) is 13.8 Å². The normalized spacial score (nSPS) is 20.4. The Morgan fingerprint density at radius 1 is 1.50 bits per heavy atom. The Labute approximate surface area is 103 Å². The molecule has 0 aromatic rings. The van der Waals surface area contributed by atoms with Crippen LogP contribution in [0, 0.1) is 0 Å². The summed E-state index contributed by atoms with van der Waals surface area (Å²) in [5.74, 6) is 1.34. The second-order valence-corrected chi connectivity index (χ2v) is 5.54. The topological polar surface area (TPSA) is 40.5 Å². The van der Waals surface area contributed by atoms with Crippen LogP contribution < -0.4 is 0 Å². The van der Waals surface area contributed by atoms with E-state index in [0.717, 1.165) is 31.4 Å². The van der Waals surface area contributed by atoms with Gasteiger partial charge in [-0.25, -0.2) is 0 Å². The molecular weight excluding hydrogens is 222 g/mol. The number of aliphatic hydroxyl groups excluding tert-OH is 1. The molecule has 1 aliphatic heterocycles. The number of rotatable bonds is 6. The van der Waals surface area contributed by atoms with Gasteiger partial charge in [-0.05, 0) is 31.4 Å². The van der Waals surface area contributed by atoms with Crippen LogP contribution >= 0.6 is 11.8 Å². The first-order valence-corrected chi connectivity index (χ1v) is 7.32. The van der Waals surface area contributed by atoms with Crippen molar-refractivity contribution < 1.29 is 9.90 Å². The fourth-order valence-corrected chi connectivity index (χ4v) is 3.50. The molecule has 1 saturated heterocycles. The smallest absolute Gasteiger partial charge is 0.236 e. The van der Waals surface area contributed by atoms with Crippen molar-refractivity contribution in [2.24, 2.45) is 0 Å². The summed E-state index contributed by atoms with van der Waals surface area (Å²) in [5, 5.41) is 9.21. The maximum atomic E-state index is 12.3. The number of aliphatic hydroxyl groups is 1. The zero-order valence-corrected chi connectivity index (χ0v) is 11.1. The lowest BCUT2D eigenvalue weighted by molar-refractivity contribution is -0.133. The van der Waals surface area contributed by atoms with Gasteiger partial charge in [-0.2, -0.15) is 0 Å². The molecule has 0 aromatic heterocycles. The van der Waals surface area contributed by atoms with E-state index in [0.29, 0.717) is 12.6 Å². The van der Waals surface area contributed by atoms with Crippen molar-refractivity contribution in [2.75, 3.05) is 18.9 Å². The molecule has 0 bridgehead atoms. The third-order valence-electron chi connectivity index (χ3n) is 3.21. The zero-order chi connectivity index (χ0) is 12.0. The summed E-state index contributed by atoms with van der Waals surface area (Å²) < 4.78 is 0. The fraction of sp³-hybridized carbons (Fsp3) is 0.917. The van der Waals surface area contributed by atoms with Crippen LogP contribution in [0.15, 0.2) is 0 Å². The first-order chi connectivity index (χ1) is 7.74. The van der Waals surface area contributed by atoms with Crippen molar-refractivity contribution >= 4 is 17.7 Å². The van der Waals surface area contributed by atoms with Crippen LogP contribution in [0.4, 0.5) is 0 Å². The van der Waals surface area contributed by atoms with Gasteiger partial charge in [0.1, 0.15) is 0 Å². The Morgan fingerprint density at radius 3 is 2.62 bits per heavy atom. The van der Waals surface area contributed by atoms with Gasteiger partial charge in [0.15, 0.2) is 0 Å². The lowest BCUT2D eigenvalue weighted by Crippen LogP contribution is -2.45.